The number of aromatic nitrogens is 1. The van der Waals surface area contributed by atoms with Gasteiger partial charge in [-0.25, -0.2) is 9.78 Å². The molecule has 0 aliphatic heterocycles. The second kappa shape index (κ2) is 6.16. The van der Waals surface area contributed by atoms with Crippen molar-refractivity contribution < 1.29 is 14.3 Å². The van der Waals surface area contributed by atoms with E-state index in [1.807, 2.05) is 0 Å². The summed E-state index contributed by atoms with van der Waals surface area (Å²) in [7, 11) is 2.73. The Kier molecular flexibility index (Phi) is 4.73. The number of nitrogens with zero attached hydrogens (tertiary/aromatic N) is 1. The zero-order valence-corrected chi connectivity index (χ0v) is 13.8. The molecule has 2 aromatic rings. The number of carbonyl (C=O) groups excluding carboxylic acids is 1. The molecule has 0 bridgehead atoms. The first-order valence-electron chi connectivity index (χ1n) is 5.53. The van der Waals surface area contributed by atoms with Gasteiger partial charge in [-0.1, -0.05) is 39.1 Å². The lowest BCUT2D eigenvalue weighted by Crippen LogP contribution is -2.06. The molecule has 1 aromatic heterocycles. The third-order valence-corrected chi connectivity index (χ3v) is 4.18. The first kappa shape index (κ1) is 15.4. The molecule has 106 valence electrons. The van der Waals surface area contributed by atoms with Crippen molar-refractivity contribution in [3.63, 3.8) is 0 Å². The van der Waals surface area contributed by atoms with Crippen LogP contribution in [-0.4, -0.2) is 25.2 Å². The molecular formula is C13H10BrCl2NO3. The molecule has 7 heteroatoms. The molecule has 0 saturated heterocycles. The summed E-state index contributed by atoms with van der Waals surface area (Å²) in [6, 6.07) is 3.28. The zero-order chi connectivity index (χ0) is 14.9. The number of methoxy groups -OCH3 is 2. The number of pyridine rings is 1. The molecule has 0 spiro atoms. The number of halogens is 3. The Morgan fingerprint density at radius 3 is 2.60 bits per heavy atom. The summed E-state index contributed by atoms with van der Waals surface area (Å²) in [5.74, 6) is -0.340. The average molecular weight is 379 g/mol. The van der Waals surface area contributed by atoms with Gasteiger partial charge in [-0.15, -0.1) is 0 Å². The molecule has 0 aliphatic carbocycles. The van der Waals surface area contributed by atoms with Crippen LogP contribution in [0, 0.1) is 0 Å². The van der Waals surface area contributed by atoms with Crippen LogP contribution in [0.2, 0.25) is 10.0 Å². The molecule has 0 unspecified atom stereocenters. The topological polar surface area (TPSA) is 48.4 Å². The minimum absolute atomic E-state index is 0.185. The number of carbonyl (C=O) groups is 1. The Balaban J connectivity index is 2.83. The van der Waals surface area contributed by atoms with E-state index in [0.29, 0.717) is 26.3 Å². The fraction of sp³-hybridized carbons (Fsp3) is 0.231. The predicted molar refractivity (Wildman–Crippen MR) is 82.3 cm³/mol. The number of hydrogen-bond acceptors (Lipinski definition) is 4. The SMILES string of the molecule is COC(=O)c1cc2cc(Cl)c(Cl)c(CBr)c2nc1OC. The van der Waals surface area contributed by atoms with Crippen molar-refractivity contribution in [2.24, 2.45) is 0 Å². The number of esters is 1. The van der Waals surface area contributed by atoms with Gasteiger partial charge in [0.25, 0.3) is 0 Å². The van der Waals surface area contributed by atoms with Crippen LogP contribution in [0.25, 0.3) is 10.9 Å². The molecule has 0 radical (unpaired) electrons. The Morgan fingerprint density at radius 1 is 1.35 bits per heavy atom. The highest BCUT2D eigenvalue weighted by molar-refractivity contribution is 9.08. The van der Waals surface area contributed by atoms with E-state index in [1.54, 1.807) is 12.1 Å². The lowest BCUT2D eigenvalue weighted by molar-refractivity contribution is 0.0596. The van der Waals surface area contributed by atoms with Crippen LogP contribution >= 0.6 is 39.1 Å². The minimum atomic E-state index is -0.525. The fourth-order valence-corrected chi connectivity index (χ4v) is 3.00. The van der Waals surface area contributed by atoms with Gasteiger partial charge in [0.1, 0.15) is 5.56 Å². The summed E-state index contributed by atoms with van der Waals surface area (Å²) in [6.07, 6.45) is 0. The van der Waals surface area contributed by atoms with E-state index in [9.17, 15) is 4.79 Å². The van der Waals surface area contributed by atoms with Gasteiger partial charge < -0.3 is 9.47 Å². The van der Waals surface area contributed by atoms with E-state index in [2.05, 4.69) is 20.9 Å². The molecule has 20 heavy (non-hydrogen) atoms. The molecule has 2 rings (SSSR count). The highest BCUT2D eigenvalue weighted by atomic mass is 79.9. The first-order valence-corrected chi connectivity index (χ1v) is 7.41. The molecule has 0 fully saturated rings. The van der Waals surface area contributed by atoms with Crippen LogP contribution < -0.4 is 4.74 Å². The van der Waals surface area contributed by atoms with Gasteiger partial charge in [0, 0.05) is 16.3 Å². The second-order valence-corrected chi connectivity index (χ2v) is 5.24. The molecule has 4 nitrogen and oxygen atoms in total. The van der Waals surface area contributed by atoms with Gasteiger partial charge >= 0.3 is 5.97 Å². The minimum Gasteiger partial charge on any atom is -0.480 e. The van der Waals surface area contributed by atoms with Crippen LogP contribution in [0.5, 0.6) is 5.88 Å². The quantitative estimate of drug-likeness (QED) is 0.592. The van der Waals surface area contributed by atoms with E-state index in [4.69, 9.17) is 32.7 Å². The maximum Gasteiger partial charge on any atom is 0.343 e. The Labute approximate surface area is 134 Å². The molecule has 1 heterocycles. The smallest absolute Gasteiger partial charge is 0.343 e. The number of rotatable bonds is 3. The fourth-order valence-electron chi connectivity index (χ4n) is 1.85. The molecule has 0 atom stereocenters. The van der Waals surface area contributed by atoms with Crippen molar-refractivity contribution in [1.82, 2.24) is 4.98 Å². The summed E-state index contributed by atoms with van der Waals surface area (Å²) in [5.41, 5.74) is 1.60. The van der Waals surface area contributed by atoms with Gasteiger partial charge in [0.2, 0.25) is 5.88 Å². The lowest BCUT2D eigenvalue weighted by Gasteiger charge is -2.11. The third kappa shape index (κ3) is 2.57. The van der Waals surface area contributed by atoms with Crippen LogP contribution in [0.3, 0.4) is 0 Å². The Bertz CT molecular complexity index is 691. The van der Waals surface area contributed by atoms with E-state index in [-0.39, 0.29) is 11.4 Å². The van der Waals surface area contributed by atoms with Gasteiger partial charge in [0.05, 0.1) is 29.8 Å². The number of fused-ring (bicyclic) bond motifs is 1. The number of benzene rings is 1. The van der Waals surface area contributed by atoms with Gasteiger partial charge in [-0.3, -0.25) is 0 Å². The maximum absolute atomic E-state index is 11.7. The first-order chi connectivity index (χ1) is 9.53. The van der Waals surface area contributed by atoms with Crippen molar-refractivity contribution in [3.05, 3.63) is 33.3 Å². The third-order valence-electron chi connectivity index (χ3n) is 2.79. The van der Waals surface area contributed by atoms with Crippen molar-refractivity contribution in [1.29, 1.82) is 0 Å². The lowest BCUT2D eigenvalue weighted by atomic mass is 10.1. The van der Waals surface area contributed by atoms with Crippen LogP contribution in [0.4, 0.5) is 0 Å². The number of alkyl halides is 1. The number of ether oxygens (including phenoxy) is 2. The van der Waals surface area contributed by atoms with Crippen LogP contribution in [-0.2, 0) is 10.1 Å². The normalized spacial score (nSPS) is 10.7. The summed E-state index contributed by atoms with van der Waals surface area (Å²) in [4.78, 5) is 16.1. The zero-order valence-electron chi connectivity index (χ0n) is 10.7. The van der Waals surface area contributed by atoms with E-state index in [1.165, 1.54) is 14.2 Å². The largest absolute Gasteiger partial charge is 0.480 e. The molecule has 0 N–H and O–H groups in total. The maximum atomic E-state index is 11.7. The monoisotopic (exact) mass is 377 g/mol. The van der Waals surface area contributed by atoms with Crippen LogP contribution in [0.15, 0.2) is 12.1 Å². The molecular weight excluding hydrogens is 369 g/mol. The van der Waals surface area contributed by atoms with E-state index < -0.39 is 5.97 Å². The standard InChI is InChI=1S/C13H10BrCl2NO3/c1-19-12-7(13(18)20-2)3-6-4-9(15)10(16)8(5-14)11(6)17-12/h3-4H,5H2,1-2H3. The Hall–Kier alpha value is -1.04. The predicted octanol–water partition coefficient (Wildman–Crippen LogP) is 4.23. The molecule has 0 aliphatic rings. The number of hydrogen-bond donors (Lipinski definition) is 0. The second-order valence-electron chi connectivity index (χ2n) is 3.89. The summed E-state index contributed by atoms with van der Waals surface area (Å²) in [5, 5.41) is 2.00. The van der Waals surface area contributed by atoms with Gasteiger partial charge in [-0.05, 0) is 12.1 Å². The Morgan fingerprint density at radius 2 is 2.05 bits per heavy atom. The summed E-state index contributed by atoms with van der Waals surface area (Å²) >= 11 is 15.6. The highest BCUT2D eigenvalue weighted by Gasteiger charge is 2.19. The van der Waals surface area contributed by atoms with Crippen molar-refractivity contribution in [2.45, 2.75) is 5.33 Å². The van der Waals surface area contributed by atoms with Crippen molar-refractivity contribution in [3.8, 4) is 5.88 Å². The highest BCUT2D eigenvalue weighted by Crippen LogP contribution is 2.35. The van der Waals surface area contributed by atoms with Gasteiger partial charge in [-0.2, -0.15) is 0 Å². The molecule has 0 saturated carbocycles. The summed E-state index contributed by atoms with van der Waals surface area (Å²) in [6.45, 7) is 0. The molecule has 0 amide bonds. The van der Waals surface area contributed by atoms with E-state index >= 15 is 0 Å². The van der Waals surface area contributed by atoms with Crippen LogP contribution in [0.1, 0.15) is 15.9 Å². The average Bonchev–Trinajstić information content (AvgIpc) is 2.46. The van der Waals surface area contributed by atoms with E-state index in [0.717, 1.165) is 5.56 Å². The molecule has 1 aromatic carbocycles. The summed E-state index contributed by atoms with van der Waals surface area (Å²) < 4.78 is 9.85. The van der Waals surface area contributed by atoms with Gasteiger partial charge in [0.15, 0.2) is 0 Å². The van der Waals surface area contributed by atoms with Crippen molar-refractivity contribution in [2.75, 3.05) is 14.2 Å². The van der Waals surface area contributed by atoms with Crippen molar-refractivity contribution >= 4 is 56.0 Å².